The molecule has 90 valence electrons. The summed E-state index contributed by atoms with van der Waals surface area (Å²) in [5.74, 6) is -0.376. The Balaban J connectivity index is 2.81. The van der Waals surface area contributed by atoms with E-state index in [1.54, 1.807) is 0 Å². The van der Waals surface area contributed by atoms with Gasteiger partial charge in [-0.25, -0.2) is 4.39 Å². The monoisotopic (exact) mass is 263 g/mol. The SMILES string of the molecule is CCCCC[C@@H](N)c1c(F)ccc(Cl)c1Cl. The first-order valence-corrected chi connectivity index (χ1v) is 6.22. The van der Waals surface area contributed by atoms with Crippen molar-refractivity contribution in [3.05, 3.63) is 33.6 Å². The largest absolute Gasteiger partial charge is 0.324 e. The van der Waals surface area contributed by atoms with Crippen molar-refractivity contribution >= 4 is 23.2 Å². The first kappa shape index (κ1) is 13.8. The standard InChI is InChI=1S/C12H16Cl2FN/c1-2-3-4-5-10(16)11-9(15)7-6-8(13)12(11)14/h6-7,10H,2-5,16H2,1H3/t10-/m1/s1. The van der Waals surface area contributed by atoms with Crippen LogP contribution in [0.4, 0.5) is 4.39 Å². The van der Waals surface area contributed by atoms with Crippen LogP contribution in [0.1, 0.15) is 44.2 Å². The van der Waals surface area contributed by atoms with Crippen LogP contribution in [-0.4, -0.2) is 0 Å². The van der Waals surface area contributed by atoms with E-state index in [9.17, 15) is 4.39 Å². The number of unbranched alkanes of at least 4 members (excludes halogenated alkanes) is 2. The zero-order chi connectivity index (χ0) is 12.1. The minimum absolute atomic E-state index is 0.241. The summed E-state index contributed by atoms with van der Waals surface area (Å²) in [6, 6.07) is 2.38. The molecule has 0 fully saturated rings. The molecule has 0 aromatic heterocycles. The molecule has 4 heteroatoms. The molecule has 0 saturated heterocycles. The van der Waals surface area contributed by atoms with Gasteiger partial charge in [0.1, 0.15) is 5.82 Å². The fourth-order valence-electron chi connectivity index (χ4n) is 1.64. The Labute approximate surface area is 106 Å². The maximum atomic E-state index is 13.6. The van der Waals surface area contributed by atoms with E-state index in [2.05, 4.69) is 6.92 Å². The molecule has 0 bridgehead atoms. The first-order chi connectivity index (χ1) is 7.57. The maximum absolute atomic E-state index is 13.6. The Kier molecular flexibility index (Phi) is 5.53. The quantitative estimate of drug-likeness (QED) is 0.604. The molecule has 1 nitrogen and oxygen atoms in total. The molecular weight excluding hydrogens is 248 g/mol. The van der Waals surface area contributed by atoms with Crippen molar-refractivity contribution in [1.29, 1.82) is 0 Å². The summed E-state index contributed by atoms with van der Waals surface area (Å²) in [6.45, 7) is 2.11. The Hall–Kier alpha value is -0.310. The molecule has 0 radical (unpaired) electrons. The summed E-state index contributed by atoms with van der Waals surface area (Å²) < 4.78 is 13.6. The maximum Gasteiger partial charge on any atom is 0.129 e. The van der Waals surface area contributed by atoms with Gasteiger partial charge in [0.25, 0.3) is 0 Å². The lowest BCUT2D eigenvalue weighted by Gasteiger charge is -2.15. The molecule has 0 aliphatic carbocycles. The van der Waals surface area contributed by atoms with E-state index >= 15 is 0 Å². The summed E-state index contributed by atoms with van der Waals surface area (Å²) in [5.41, 5.74) is 6.26. The number of rotatable bonds is 5. The fraction of sp³-hybridized carbons (Fsp3) is 0.500. The third-order valence-electron chi connectivity index (χ3n) is 2.57. The van der Waals surface area contributed by atoms with Gasteiger partial charge in [-0.05, 0) is 18.6 Å². The summed E-state index contributed by atoms with van der Waals surface area (Å²) >= 11 is 11.8. The predicted octanol–water partition coefficient (Wildman–Crippen LogP) is 4.71. The van der Waals surface area contributed by atoms with E-state index in [0.29, 0.717) is 10.6 Å². The zero-order valence-electron chi connectivity index (χ0n) is 9.27. The Morgan fingerprint density at radius 2 is 2.00 bits per heavy atom. The Morgan fingerprint density at radius 1 is 1.31 bits per heavy atom. The summed E-state index contributed by atoms with van der Waals surface area (Å²) in [4.78, 5) is 0. The summed E-state index contributed by atoms with van der Waals surface area (Å²) in [5, 5.41) is 0.592. The molecule has 0 unspecified atom stereocenters. The Bertz CT molecular complexity index is 355. The normalized spacial score (nSPS) is 12.8. The van der Waals surface area contributed by atoms with Gasteiger partial charge in [0, 0.05) is 11.6 Å². The van der Waals surface area contributed by atoms with Crippen molar-refractivity contribution in [2.75, 3.05) is 0 Å². The van der Waals surface area contributed by atoms with Crippen molar-refractivity contribution in [3.8, 4) is 0 Å². The van der Waals surface area contributed by atoms with Crippen LogP contribution in [0, 0.1) is 5.82 Å². The molecule has 2 N–H and O–H groups in total. The topological polar surface area (TPSA) is 26.0 Å². The summed E-state index contributed by atoms with van der Waals surface area (Å²) in [6.07, 6.45) is 3.90. The molecule has 1 aromatic carbocycles. The van der Waals surface area contributed by atoms with Crippen LogP contribution in [0.15, 0.2) is 12.1 Å². The van der Waals surface area contributed by atoms with Gasteiger partial charge < -0.3 is 5.73 Å². The average molecular weight is 264 g/mol. The van der Waals surface area contributed by atoms with Crippen molar-refractivity contribution in [2.24, 2.45) is 5.73 Å². The molecule has 0 amide bonds. The third kappa shape index (κ3) is 3.34. The van der Waals surface area contributed by atoms with E-state index in [1.165, 1.54) is 12.1 Å². The van der Waals surface area contributed by atoms with Gasteiger partial charge in [-0.2, -0.15) is 0 Å². The molecule has 16 heavy (non-hydrogen) atoms. The molecule has 1 aromatic rings. The van der Waals surface area contributed by atoms with Crippen LogP contribution in [0.5, 0.6) is 0 Å². The number of halogens is 3. The highest BCUT2D eigenvalue weighted by molar-refractivity contribution is 6.42. The second kappa shape index (κ2) is 6.43. The van der Waals surface area contributed by atoms with Crippen molar-refractivity contribution in [1.82, 2.24) is 0 Å². The molecular formula is C12H16Cl2FN. The molecule has 0 spiro atoms. The highest BCUT2D eigenvalue weighted by Gasteiger charge is 2.17. The molecule has 0 aliphatic heterocycles. The smallest absolute Gasteiger partial charge is 0.129 e. The molecule has 0 saturated carbocycles. The first-order valence-electron chi connectivity index (χ1n) is 5.46. The van der Waals surface area contributed by atoms with E-state index in [1.807, 2.05) is 0 Å². The third-order valence-corrected chi connectivity index (χ3v) is 3.39. The van der Waals surface area contributed by atoms with Crippen LogP contribution in [-0.2, 0) is 0 Å². The van der Waals surface area contributed by atoms with Gasteiger partial charge in [-0.1, -0.05) is 49.4 Å². The van der Waals surface area contributed by atoms with Gasteiger partial charge in [-0.15, -0.1) is 0 Å². The van der Waals surface area contributed by atoms with E-state index in [-0.39, 0.29) is 16.9 Å². The van der Waals surface area contributed by atoms with Gasteiger partial charge in [0.15, 0.2) is 0 Å². The summed E-state index contributed by atoms with van der Waals surface area (Å²) in [7, 11) is 0. The van der Waals surface area contributed by atoms with Crippen LogP contribution in [0.25, 0.3) is 0 Å². The lowest BCUT2D eigenvalue weighted by molar-refractivity contribution is 0.539. The molecule has 1 rings (SSSR count). The average Bonchev–Trinajstić information content (AvgIpc) is 2.24. The highest BCUT2D eigenvalue weighted by atomic mass is 35.5. The molecule has 1 atom stereocenters. The van der Waals surface area contributed by atoms with Gasteiger partial charge in [0.2, 0.25) is 0 Å². The van der Waals surface area contributed by atoms with Gasteiger partial charge in [0.05, 0.1) is 10.0 Å². The van der Waals surface area contributed by atoms with Crippen LogP contribution in [0.2, 0.25) is 10.0 Å². The Morgan fingerprint density at radius 3 is 2.62 bits per heavy atom. The second-order valence-corrected chi connectivity index (χ2v) is 4.64. The molecule has 0 aliphatic rings. The van der Waals surface area contributed by atoms with Gasteiger partial charge in [-0.3, -0.25) is 0 Å². The van der Waals surface area contributed by atoms with E-state index in [4.69, 9.17) is 28.9 Å². The van der Waals surface area contributed by atoms with Crippen molar-refractivity contribution in [3.63, 3.8) is 0 Å². The fourth-order valence-corrected chi connectivity index (χ4v) is 2.10. The van der Waals surface area contributed by atoms with Crippen molar-refractivity contribution < 1.29 is 4.39 Å². The zero-order valence-corrected chi connectivity index (χ0v) is 10.8. The second-order valence-electron chi connectivity index (χ2n) is 3.86. The lowest BCUT2D eigenvalue weighted by atomic mass is 10.0. The number of nitrogens with two attached hydrogens (primary N) is 1. The van der Waals surface area contributed by atoms with Gasteiger partial charge >= 0.3 is 0 Å². The number of hydrogen-bond donors (Lipinski definition) is 1. The van der Waals surface area contributed by atoms with E-state index in [0.717, 1.165) is 25.7 Å². The van der Waals surface area contributed by atoms with Crippen LogP contribution < -0.4 is 5.73 Å². The van der Waals surface area contributed by atoms with Crippen LogP contribution in [0.3, 0.4) is 0 Å². The number of benzene rings is 1. The van der Waals surface area contributed by atoms with Crippen molar-refractivity contribution in [2.45, 2.75) is 38.6 Å². The number of hydrogen-bond acceptors (Lipinski definition) is 1. The minimum atomic E-state index is -0.377. The van der Waals surface area contributed by atoms with E-state index < -0.39 is 0 Å². The molecule has 0 heterocycles. The van der Waals surface area contributed by atoms with Crippen LogP contribution >= 0.6 is 23.2 Å². The highest BCUT2D eigenvalue weighted by Crippen LogP contribution is 2.33. The lowest BCUT2D eigenvalue weighted by Crippen LogP contribution is -2.13. The minimum Gasteiger partial charge on any atom is -0.324 e. The predicted molar refractivity (Wildman–Crippen MR) is 67.5 cm³/mol.